The number of hydrogen-bond donors (Lipinski definition) is 2. The van der Waals surface area contributed by atoms with Crippen molar-refractivity contribution in [2.45, 2.75) is 20.1 Å². The second-order valence-electron chi connectivity index (χ2n) is 5.44. The van der Waals surface area contributed by atoms with Crippen molar-refractivity contribution in [3.8, 4) is 11.5 Å². The highest BCUT2D eigenvalue weighted by atomic mass is 35.5. The van der Waals surface area contributed by atoms with E-state index in [1.54, 1.807) is 24.3 Å². The Balaban J connectivity index is 2.11. The summed E-state index contributed by atoms with van der Waals surface area (Å²) in [7, 11) is 0. The van der Waals surface area contributed by atoms with Crippen LogP contribution in [0.5, 0.6) is 11.5 Å². The summed E-state index contributed by atoms with van der Waals surface area (Å²) in [5, 5.41) is 23.1. The third-order valence-electron chi connectivity index (χ3n) is 3.56. The fourth-order valence-electron chi connectivity index (χ4n) is 2.27. The third-order valence-corrected chi connectivity index (χ3v) is 3.91. The van der Waals surface area contributed by atoms with Crippen molar-refractivity contribution in [1.29, 1.82) is 0 Å². The Kier molecular flexibility index (Phi) is 7.65. The first-order valence-corrected chi connectivity index (χ1v) is 8.55. The summed E-state index contributed by atoms with van der Waals surface area (Å²) < 4.78 is 11.4. The van der Waals surface area contributed by atoms with Crippen LogP contribution in [-0.4, -0.2) is 29.8 Å². The Labute approximate surface area is 156 Å². The highest BCUT2D eigenvalue weighted by Crippen LogP contribution is 2.34. The van der Waals surface area contributed by atoms with Crippen molar-refractivity contribution < 1.29 is 19.5 Å². The van der Waals surface area contributed by atoms with Crippen LogP contribution in [0.15, 0.2) is 36.4 Å². The van der Waals surface area contributed by atoms with E-state index >= 15 is 0 Å². The normalized spacial score (nSPS) is 10.6. The number of hydrogen-bond acceptors (Lipinski definition) is 6. The number of nitro benzene ring substituents is 1. The summed E-state index contributed by atoms with van der Waals surface area (Å²) in [5.74, 6) is 1.07. The molecule has 2 aromatic carbocycles. The summed E-state index contributed by atoms with van der Waals surface area (Å²) in [5.41, 5.74) is 1.67. The van der Waals surface area contributed by atoms with E-state index in [0.29, 0.717) is 36.2 Å². The largest absolute Gasteiger partial charge is 0.490 e. The number of rotatable bonds is 10. The quantitative estimate of drug-likeness (QED) is 0.373. The fourth-order valence-corrected chi connectivity index (χ4v) is 2.49. The maximum Gasteiger partial charge on any atom is 0.269 e. The molecule has 0 unspecified atom stereocenters. The number of aliphatic hydroxyl groups excluding tert-OH is 1. The second kappa shape index (κ2) is 9.96. The molecule has 0 saturated carbocycles. The molecule has 0 fully saturated rings. The highest BCUT2D eigenvalue weighted by molar-refractivity contribution is 6.31. The minimum atomic E-state index is -0.443. The van der Waals surface area contributed by atoms with Gasteiger partial charge in [0.25, 0.3) is 5.69 Å². The molecule has 2 N–H and O–H groups in total. The van der Waals surface area contributed by atoms with Gasteiger partial charge in [0.2, 0.25) is 0 Å². The van der Waals surface area contributed by atoms with Crippen LogP contribution in [0.2, 0.25) is 5.02 Å². The number of nitro groups is 1. The van der Waals surface area contributed by atoms with Gasteiger partial charge in [0.15, 0.2) is 11.5 Å². The van der Waals surface area contributed by atoms with Gasteiger partial charge >= 0.3 is 0 Å². The van der Waals surface area contributed by atoms with Gasteiger partial charge in [-0.25, -0.2) is 0 Å². The molecule has 0 aliphatic heterocycles. The van der Waals surface area contributed by atoms with Crippen molar-refractivity contribution in [2.75, 3.05) is 19.8 Å². The number of halogens is 1. The standard InChI is InChI=1S/C18H21ClN2O5/c1-2-25-17-9-14(11-20-7-8-22)16(19)10-18(17)26-12-13-3-5-15(6-4-13)21(23)24/h3-6,9-10,20,22H,2,7-8,11-12H2,1H3. The third kappa shape index (κ3) is 5.59. The van der Waals surface area contributed by atoms with Crippen LogP contribution >= 0.6 is 11.6 Å². The number of ether oxygens (including phenoxy) is 2. The molecule has 2 aromatic rings. The molecule has 0 heterocycles. The Morgan fingerprint density at radius 3 is 2.50 bits per heavy atom. The molecule has 7 nitrogen and oxygen atoms in total. The predicted molar refractivity (Wildman–Crippen MR) is 98.8 cm³/mol. The number of benzene rings is 2. The van der Waals surface area contributed by atoms with Gasteiger partial charge in [-0.3, -0.25) is 10.1 Å². The summed E-state index contributed by atoms with van der Waals surface area (Å²) >= 11 is 6.30. The van der Waals surface area contributed by atoms with Crippen LogP contribution in [0.3, 0.4) is 0 Å². The first kappa shape index (κ1) is 20.0. The van der Waals surface area contributed by atoms with Crippen molar-refractivity contribution in [1.82, 2.24) is 5.32 Å². The maximum atomic E-state index is 10.7. The summed E-state index contributed by atoms with van der Waals surface area (Å²) in [6, 6.07) is 9.66. The molecule has 2 rings (SSSR count). The summed E-state index contributed by atoms with van der Waals surface area (Å²) in [6.45, 7) is 3.60. The minimum Gasteiger partial charge on any atom is -0.490 e. The second-order valence-corrected chi connectivity index (χ2v) is 5.84. The first-order chi connectivity index (χ1) is 12.5. The zero-order valence-electron chi connectivity index (χ0n) is 14.4. The molecule has 0 bridgehead atoms. The van der Waals surface area contributed by atoms with Crippen LogP contribution in [0, 0.1) is 10.1 Å². The van der Waals surface area contributed by atoms with Crippen LogP contribution in [0.25, 0.3) is 0 Å². The molecule has 0 radical (unpaired) electrons. The number of aliphatic hydroxyl groups is 1. The van der Waals surface area contributed by atoms with Gasteiger partial charge in [-0.2, -0.15) is 0 Å². The fraction of sp³-hybridized carbons (Fsp3) is 0.333. The average Bonchev–Trinajstić information content (AvgIpc) is 2.63. The van der Waals surface area contributed by atoms with E-state index in [1.807, 2.05) is 6.92 Å². The Bertz CT molecular complexity index is 737. The van der Waals surface area contributed by atoms with E-state index < -0.39 is 4.92 Å². The smallest absolute Gasteiger partial charge is 0.269 e. The molecular weight excluding hydrogens is 360 g/mol. The molecule has 0 atom stereocenters. The lowest BCUT2D eigenvalue weighted by atomic mass is 10.2. The van der Waals surface area contributed by atoms with Gasteiger partial charge in [0, 0.05) is 36.3 Å². The van der Waals surface area contributed by atoms with E-state index in [4.69, 9.17) is 26.2 Å². The minimum absolute atomic E-state index is 0.0338. The van der Waals surface area contributed by atoms with Crippen molar-refractivity contribution >= 4 is 17.3 Å². The molecular formula is C18H21ClN2O5. The van der Waals surface area contributed by atoms with E-state index in [1.165, 1.54) is 12.1 Å². The Hall–Kier alpha value is -2.35. The Morgan fingerprint density at radius 2 is 1.88 bits per heavy atom. The molecule has 0 aromatic heterocycles. The average molecular weight is 381 g/mol. The predicted octanol–water partition coefficient (Wildman–Crippen LogP) is 3.31. The lowest BCUT2D eigenvalue weighted by molar-refractivity contribution is -0.384. The van der Waals surface area contributed by atoms with E-state index in [9.17, 15) is 10.1 Å². The summed E-state index contributed by atoms with van der Waals surface area (Å²) in [4.78, 5) is 10.3. The first-order valence-electron chi connectivity index (χ1n) is 8.18. The maximum absolute atomic E-state index is 10.7. The van der Waals surface area contributed by atoms with E-state index in [-0.39, 0.29) is 18.9 Å². The molecule has 0 amide bonds. The Morgan fingerprint density at radius 1 is 1.19 bits per heavy atom. The molecule has 8 heteroatoms. The van der Waals surface area contributed by atoms with Crippen LogP contribution in [0.4, 0.5) is 5.69 Å². The molecule has 0 aliphatic rings. The van der Waals surface area contributed by atoms with Crippen LogP contribution < -0.4 is 14.8 Å². The lowest BCUT2D eigenvalue weighted by Gasteiger charge is -2.15. The van der Waals surface area contributed by atoms with Crippen LogP contribution in [-0.2, 0) is 13.2 Å². The molecule has 0 aliphatic carbocycles. The number of nitrogens with zero attached hydrogens (tertiary/aromatic N) is 1. The van der Waals surface area contributed by atoms with Crippen LogP contribution in [0.1, 0.15) is 18.1 Å². The summed E-state index contributed by atoms with van der Waals surface area (Å²) in [6.07, 6.45) is 0. The molecule has 0 saturated heterocycles. The van der Waals surface area contributed by atoms with E-state index in [0.717, 1.165) is 11.1 Å². The molecule has 26 heavy (non-hydrogen) atoms. The van der Waals surface area contributed by atoms with Crippen molar-refractivity contribution in [3.63, 3.8) is 0 Å². The van der Waals surface area contributed by atoms with Gasteiger partial charge in [-0.05, 0) is 36.2 Å². The van der Waals surface area contributed by atoms with E-state index in [2.05, 4.69) is 5.32 Å². The highest BCUT2D eigenvalue weighted by Gasteiger charge is 2.12. The van der Waals surface area contributed by atoms with Crippen molar-refractivity contribution in [3.05, 3.63) is 62.7 Å². The monoisotopic (exact) mass is 380 g/mol. The van der Waals surface area contributed by atoms with Gasteiger partial charge < -0.3 is 19.9 Å². The van der Waals surface area contributed by atoms with Gasteiger partial charge in [0.05, 0.1) is 18.1 Å². The van der Waals surface area contributed by atoms with Gasteiger partial charge in [-0.15, -0.1) is 0 Å². The molecule has 140 valence electrons. The number of nitrogens with one attached hydrogen (secondary N) is 1. The number of non-ortho nitro benzene ring substituents is 1. The zero-order chi connectivity index (χ0) is 18.9. The van der Waals surface area contributed by atoms with Gasteiger partial charge in [0.1, 0.15) is 6.61 Å². The van der Waals surface area contributed by atoms with Crippen molar-refractivity contribution in [2.24, 2.45) is 0 Å². The molecule has 0 spiro atoms. The topological polar surface area (TPSA) is 93.9 Å². The van der Waals surface area contributed by atoms with Gasteiger partial charge in [-0.1, -0.05) is 11.6 Å². The lowest BCUT2D eigenvalue weighted by Crippen LogP contribution is -2.17. The zero-order valence-corrected chi connectivity index (χ0v) is 15.2. The SMILES string of the molecule is CCOc1cc(CNCCO)c(Cl)cc1OCc1ccc([N+](=O)[O-])cc1.